The average molecular weight is 220 g/mol. The highest BCUT2D eigenvalue weighted by Crippen LogP contribution is 2.36. The van der Waals surface area contributed by atoms with Crippen LogP contribution in [0.1, 0.15) is 39.2 Å². The second kappa shape index (κ2) is 4.00. The molecular formula is C14H20O2. The zero-order valence-electron chi connectivity index (χ0n) is 10.5. The molecule has 0 amide bonds. The van der Waals surface area contributed by atoms with Gasteiger partial charge in [-0.15, -0.1) is 0 Å². The Balaban J connectivity index is 2.29. The second-order valence-corrected chi connectivity index (χ2v) is 5.43. The summed E-state index contributed by atoms with van der Waals surface area (Å²) in [6.07, 6.45) is 2.75. The van der Waals surface area contributed by atoms with Gasteiger partial charge in [-0.05, 0) is 36.0 Å². The number of rotatable bonds is 3. The first kappa shape index (κ1) is 11.3. The van der Waals surface area contributed by atoms with E-state index in [2.05, 4.69) is 32.9 Å². The molecule has 2 nitrogen and oxygen atoms in total. The van der Waals surface area contributed by atoms with Crippen molar-refractivity contribution in [2.45, 2.75) is 45.1 Å². The Bertz CT molecular complexity index is 373. The molecular weight excluding hydrogens is 200 g/mol. The summed E-state index contributed by atoms with van der Waals surface area (Å²) in [5.74, 6) is 1.72. The molecule has 0 saturated heterocycles. The number of hydrogen-bond donors (Lipinski definition) is 0. The minimum atomic E-state index is 0.147. The van der Waals surface area contributed by atoms with Gasteiger partial charge in [-0.1, -0.05) is 26.8 Å². The van der Waals surface area contributed by atoms with Gasteiger partial charge in [0.15, 0.2) is 11.5 Å². The van der Waals surface area contributed by atoms with Gasteiger partial charge in [0.25, 0.3) is 0 Å². The molecule has 0 atom stereocenters. The Hall–Kier alpha value is -1.18. The van der Waals surface area contributed by atoms with Crippen LogP contribution in [0.2, 0.25) is 0 Å². The summed E-state index contributed by atoms with van der Waals surface area (Å²) in [6.45, 7) is 6.61. The van der Waals surface area contributed by atoms with Crippen LogP contribution in [0.5, 0.6) is 11.5 Å². The first-order valence-electron chi connectivity index (χ1n) is 5.86. The van der Waals surface area contributed by atoms with E-state index in [9.17, 15) is 0 Å². The van der Waals surface area contributed by atoms with E-state index >= 15 is 0 Å². The molecule has 0 aliphatic heterocycles. The molecule has 0 radical (unpaired) electrons. The van der Waals surface area contributed by atoms with Crippen LogP contribution in [0, 0.1) is 0 Å². The molecule has 0 bridgehead atoms. The van der Waals surface area contributed by atoms with Crippen molar-refractivity contribution in [3.63, 3.8) is 0 Å². The van der Waals surface area contributed by atoms with Gasteiger partial charge in [0.05, 0.1) is 13.2 Å². The van der Waals surface area contributed by atoms with Crippen molar-refractivity contribution in [3.8, 4) is 11.5 Å². The molecule has 0 aromatic heterocycles. The molecule has 0 N–H and O–H groups in total. The van der Waals surface area contributed by atoms with Gasteiger partial charge in [-0.2, -0.15) is 0 Å². The average Bonchev–Trinajstić information content (AvgIpc) is 3.00. The quantitative estimate of drug-likeness (QED) is 0.775. The van der Waals surface area contributed by atoms with E-state index in [1.807, 2.05) is 6.07 Å². The molecule has 1 aliphatic rings. The van der Waals surface area contributed by atoms with Crippen molar-refractivity contribution >= 4 is 0 Å². The molecule has 2 rings (SSSR count). The number of methoxy groups -OCH3 is 1. The maximum absolute atomic E-state index is 5.86. The molecule has 1 aliphatic carbocycles. The molecule has 0 unspecified atom stereocenters. The van der Waals surface area contributed by atoms with Crippen LogP contribution in [-0.2, 0) is 5.41 Å². The lowest BCUT2D eigenvalue weighted by atomic mass is 9.87. The summed E-state index contributed by atoms with van der Waals surface area (Å²) in [4.78, 5) is 0. The van der Waals surface area contributed by atoms with Gasteiger partial charge in [0, 0.05) is 0 Å². The van der Waals surface area contributed by atoms with E-state index in [1.54, 1.807) is 7.11 Å². The normalized spacial score (nSPS) is 16.0. The Kier molecular flexibility index (Phi) is 2.83. The predicted molar refractivity (Wildman–Crippen MR) is 65.3 cm³/mol. The predicted octanol–water partition coefficient (Wildman–Crippen LogP) is 3.53. The van der Waals surface area contributed by atoms with Crippen LogP contribution in [0.4, 0.5) is 0 Å². The third kappa shape index (κ3) is 2.49. The Morgan fingerprint density at radius 2 is 1.81 bits per heavy atom. The van der Waals surface area contributed by atoms with Crippen molar-refractivity contribution < 1.29 is 9.47 Å². The lowest BCUT2D eigenvalue weighted by Gasteiger charge is -2.21. The highest BCUT2D eigenvalue weighted by atomic mass is 16.5. The summed E-state index contributed by atoms with van der Waals surface area (Å²) in [5.41, 5.74) is 1.43. The van der Waals surface area contributed by atoms with Gasteiger partial charge in [-0.3, -0.25) is 0 Å². The van der Waals surface area contributed by atoms with Crippen molar-refractivity contribution in [2.24, 2.45) is 0 Å². The smallest absolute Gasteiger partial charge is 0.161 e. The molecule has 1 aromatic rings. The summed E-state index contributed by atoms with van der Waals surface area (Å²) >= 11 is 0. The molecule has 1 aromatic carbocycles. The van der Waals surface area contributed by atoms with Gasteiger partial charge in [-0.25, -0.2) is 0 Å². The summed E-state index contributed by atoms with van der Waals surface area (Å²) in [5, 5.41) is 0. The van der Waals surface area contributed by atoms with Crippen LogP contribution < -0.4 is 9.47 Å². The number of ether oxygens (including phenoxy) is 2. The van der Waals surface area contributed by atoms with Crippen molar-refractivity contribution in [2.75, 3.05) is 7.11 Å². The van der Waals surface area contributed by atoms with E-state index in [1.165, 1.54) is 18.4 Å². The first-order chi connectivity index (χ1) is 7.50. The SMILES string of the molecule is COc1ccc(C(C)(C)C)cc1OC1CC1. The number of benzene rings is 1. The molecule has 2 heteroatoms. The Morgan fingerprint density at radius 1 is 1.12 bits per heavy atom. The van der Waals surface area contributed by atoms with Gasteiger partial charge in [0.2, 0.25) is 0 Å². The van der Waals surface area contributed by atoms with Crippen LogP contribution in [0.25, 0.3) is 0 Å². The zero-order valence-corrected chi connectivity index (χ0v) is 10.5. The van der Waals surface area contributed by atoms with Crippen LogP contribution in [0.3, 0.4) is 0 Å². The lowest BCUT2D eigenvalue weighted by Crippen LogP contribution is -2.11. The molecule has 0 heterocycles. The fourth-order valence-corrected chi connectivity index (χ4v) is 1.60. The summed E-state index contributed by atoms with van der Waals surface area (Å²) < 4.78 is 11.2. The monoisotopic (exact) mass is 220 g/mol. The molecule has 1 saturated carbocycles. The van der Waals surface area contributed by atoms with Crippen LogP contribution >= 0.6 is 0 Å². The topological polar surface area (TPSA) is 18.5 Å². The Labute approximate surface area is 97.6 Å². The lowest BCUT2D eigenvalue weighted by molar-refractivity contribution is 0.281. The molecule has 88 valence electrons. The van der Waals surface area contributed by atoms with Gasteiger partial charge < -0.3 is 9.47 Å². The Morgan fingerprint density at radius 3 is 2.31 bits per heavy atom. The standard InChI is InChI=1S/C14H20O2/c1-14(2,3)10-5-8-12(15-4)13(9-10)16-11-6-7-11/h5,8-9,11H,6-7H2,1-4H3. The maximum atomic E-state index is 5.86. The fraction of sp³-hybridized carbons (Fsp3) is 0.571. The third-order valence-corrected chi connectivity index (χ3v) is 2.85. The van der Waals surface area contributed by atoms with E-state index < -0.39 is 0 Å². The molecule has 16 heavy (non-hydrogen) atoms. The van der Waals surface area contributed by atoms with Gasteiger partial charge in [0.1, 0.15) is 0 Å². The first-order valence-corrected chi connectivity index (χ1v) is 5.86. The van der Waals surface area contributed by atoms with Gasteiger partial charge >= 0.3 is 0 Å². The van der Waals surface area contributed by atoms with E-state index in [-0.39, 0.29) is 5.41 Å². The zero-order chi connectivity index (χ0) is 11.8. The summed E-state index contributed by atoms with van der Waals surface area (Å²) in [7, 11) is 1.69. The largest absolute Gasteiger partial charge is 0.493 e. The third-order valence-electron chi connectivity index (χ3n) is 2.85. The van der Waals surface area contributed by atoms with Crippen LogP contribution in [-0.4, -0.2) is 13.2 Å². The summed E-state index contributed by atoms with van der Waals surface area (Å²) in [6, 6.07) is 6.22. The van der Waals surface area contributed by atoms with Crippen molar-refractivity contribution in [1.82, 2.24) is 0 Å². The van der Waals surface area contributed by atoms with Crippen molar-refractivity contribution in [1.29, 1.82) is 0 Å². The highest BCUT2D eigenvalue weighted by molar-refractivity contribution is 5.45. The minimum Gasteiger partial charge on any atom is -0.493 e. The number of hydrogen-bond acceptors (Lipinski definition) is 2. The van der Waals surface area contributed by atoms with E-state index in [0.717, 1.165) is 11.5 Å². The highest BCUT2D eigenvalue weighted by Gasteiger charge is 2.25. The molecule has 0 spiro atoms. The minimum absolute atomic E-state index is 0.147. The molecule has 1 fully saturated rings. The van der Waals surface area contributed by atoms with Crippen LogP contribution in [0.15, 0.2) is 18.2 Å². The van der Waals surface area contributed by atoms with E-state index in [4.69, 9.17) is 9.47 Å². The van der Waals surface area contributed by atoms with Crippen molar-refractivity contribution in [3.05, 3.63) is 23.8 Å². The maximum Gasteiger partial charge on any atom is 0.161 e. The fourth-order valence-electron chi connectivity index (χ4n) is 1.60. The van der Waals surface area contributed by atoms with E-state index in [0.29, 0.717) is 6.10 Å². The second-order valence-electron chi connectivity index (χ2n) is 5.43.